The number of nitrogens with zero attached hydrogens (tertiary/aromatic N) is 3. The van der Waals surface area contributed by atoms with E-state index in [-0.39, 0.29) is 13.2 Å². The van der Waals surface area contributed by atoms with Crippen LogP contribution in [0.1, 0.15) is 20.8 Å². The lowest BCUT2D eigenvalue weighted by Crippen LogP contribution is -2.17. The van der Waals surface area contributed by atoms with Gasteiger partial charge < -0.3 is 9.42 Å². The number of hydrogen-bond acceptors (Lipinski definition) is 3. The van der Waals surface area contributed by atoms with E-state index in [4.69, 9.17) is 10.1 Å². The van der Waals surface area contributed by atoms with Crippen LogP contribution in [0.25, 0.3) is 10.4 Å². The molecule has 7 heteroatoms. The lowest BCUT2D eigenvalue weighted by atomic mass is 10.3. The van der Waals surface area contributed by atoms with E-state index >= 15 is 0 Å². The van der Waals surface area contributed by atoms with Gasteiger partial charge in [0, 0.05) is 11.5 Å². The molecule has 0 aromatic heterocycles. The van der Waals surface area contributed by atoms with Crippen LogP contribution in [0.3, 0.4) is 0 Å². The van der Waals surface area contributed by atoms with E-state index in [0.717, 1.165) is 0 Å². The molecule has 1 unspecified atom stereocenters. The van der Waals surface area contributed by atoms with Crippen LogP contribution in [0, 0.1) is 0 Å². The van der Waals surface area contributed by atoms with Gasteiger partial charge in [-0.15, -0.1) is 0 Å². The molecule has 0 saturated carbocycles. The maximum atomic E-state index is 11.4. The molecule has 0 heterocycles. The molecule has 6 nitrogen and oxygen atoms in total. The van der Waals surface area contributed by atoms with Gasteiger partial charge in [-0.05, 0) is 26.3 Å². The second kappa shape index (κ2) is 4.63. The Morgan fingerprint density at radius 3 is 2.54 bits per heavy atom. The van der Waals surface area contributed by atoms with E-state index in [1.165, 1.54) is 0 Å². The van der Waals surface area contributed by atoms with Crippen molar-refractivity contribution in [3.8, 4) is 0 Å². The van der Waals surface area contributed by atoms with Crippen LogP contribution in [0.2, 0.25) is 0 Å². The fraction of sp³-hybridized carbons (Fsp3) is 1.00. The Kier molecular flexibility index (Phi) is 4.44. The second-order valence-corrected chi connectivity index (χ2v) is 6.12. The summed E-state index contributed by atoms with van der Waals surface area (Å²) in [5, 5.41) is 2.38. The molecule has 0 aliphatic heterocycles. The summed E-state index contributed by atoms with van der Waals surface area (Å²) in [5.74, 6) is 0. The van der Waals surface area contributed by atoms with Crippen molar-refractivity contribution in [2.24, 2.45) is 5.11 Å². The Balaban J connectivity index is 4.05. The van der Waals surface area contributed by atoms with Gasteiger partial charge in [-0.25, -0.2) is 0 Å². The fourth-order valence-electron chi connectivity index (χ4n) is 0.444. The molecule has 0 saturated heterocycles. The minimum Gasteiger partial charge on any atom is -0.324 e. The summed E-state index contributed by atoms with van der Waals surface area (Å²) in [5.41, 5.74) is 7.93. The lowest BCUT2D eigenvalue weighted by Gasteiger charge is -2.24. The highest BCUT2D eigenvalue weighted by Gasteiger charge is 2.35. The molecule has 0 fully saturated rings. The fourth-order valence-corrected chi connectivity index (χ4v) is 1.16. The van der Waals surface area contributed by atoms with Crippen LogP contribution < -0.4 is 0 Å². The highest BCUT2D eigenvalue weighted by atomic mass is 31.2. The third-order valence-electron chi connectivity index (χ3n) is 1.37. The molecule has 0 bridgehead atoms. The van der Waals surface area contributed by atoms with E-state index in [2.05, 4.69) is 10.0 Å². The zero-order valence-electron chi connectivity index (χ0n) is 7.97. The second-order valence-electron chi connectivity index (χ2n) is 3.48. The smallest absolute Gasteiger partial charge is 0.324 e. The van der Waals surface area contributed by atoms with Crippen molar-refractivity contribution in [2.45, 2.75) is 25.9 Å². The topological polar surface area (TPSA) is 95.3 Å². The van der Waals surface area contributed by atoms with Crippen LogP contribution in [-0.2, 0) is 9.09 Å². The third-order valence-corrected chi connectivity index (χ3v) is 3.60. The third kappa shape index (κ3) is 4.29. The number of rotatable bonds is 4. The van der Waals surface area contributed by atoms with E-state index in [0.29, 0.717) is 0 Å². The molecule has 0 aromatic carbocycles. The molecule has 0 rings (SSSR count). The van der Waals surface area contributed by atoms with Crippen LogP contribution in [-0.4, -0.2) is 23.2 Å². The zero-order valence-corrected chi connectivity index (χ0v) is 8.86. The molecule has 0 amide bonds. The quantitative estimate of drug-likeness (QED) is 0.252. The predicted molar refractivity (Wildman–Crippen MR) is 49.5 cm³/mol. The van der Waals surface area contributed by atoms with Crippen molar-refractivity contribution in [2.75, 3.05) is 13.2 Å². The Morgan fingerprint density at radius 1 is 1.62 bits per heavy atom. The van der Waals surface area contributed by atoms with E-state index in [1.807, 2.05) is 0 Å². The first kappa shape index (κ1) is 12.5. The first-order chi connectivity index (χ1) is 5.81. The summed E-state index contributed by atoms with van der Waals surface area (Å²) in [6.45, 7) is 4.87. The van der Waals surface area contributed by atoms with Crippen molar-refractivity contribution in [1.29, 1.82) is 0 Å². The summed E-state index contributed by atoms with van der Waals surface area (Å²) in [7, 11) is -3.60. The predicted octanol–water partition coefficient (Wildman–Crippen LogP) is 2.30. The van der Waals surface area contributed by atoms with Crippen molar-refractivity contribution in [3.05, 3.63) is 10.4 Å². The van der Waals surface area contributed by atoms with Gasteiger partial charge in [0.2, 0.25) is 0 Å². The van der Waals surface area contributed by atoms with Crippen LogP contribution in [0.15, 0.2) is 5.11 Å². The summed E-state index contributed by atoms with van der Waals surface area (Å²) < 4.78 is 16.1. The number of hydrogen-bond donors (Lipinski definition) is 1. The molecule has 0 aromatic rings. The normalized spacial score (nSPS) is 16.0. The Labute approximate surface area is 77.1 Å². The molecular weight excluding hydrogens is 193 g/mol. The first-order valence-electron chi connectivity index (χ1n) is 3.79. The van der Waals surface area contributed by atoms with Gasteiger partial charge >= 0.3 is 7.60 Å². The molecule has 76 valence electrons. The van der Waals surface area contributed by atoms with Gasteiger partial charge in [0.1, 0.15) is 0 Å². The minimum atomic E-state index is -3.60. The summed E-state index contributed by atoms with van der Waals surface area (Å²) >= 11 is 0. The SMILES string of the molecule is CC(C)(C)P(=O)(O)OCCN=[N+]=[N-]. The van der Waals surface area contributed by atoms with Gasteiger partial charge in [0.15, 0.2) is 0 Å². The van der Waals surface area contributed by atoms with E-state index < -0.39 is 12.8 Å². The highest BCUT2D eigenvalue weighted by molar-refractivity contribution is 7.54. The molecule has 1 atom stereocenters. The summed E-state index contributed by atoms with van der Waals surface area (Å²) in [4.78, 5) is 11.8. The molecule has 0 radical (unpaired) electrons. The maximum Gasteiger partial charge on any atom is 0.333 e. The molecule has 0 aliphatic carbocycles. The maximum absolute atomic E-state index is 11.4. The monoisotopic (exact) mass is 207 g/mol. The van der Waals surface area contributed by atoms with E-state index in [1.54, 1.807) is 20.8 Å². The molecule has 0 aliphatic rings. The van der Waals surface area contributed by atoms with Crippen molar-refractivity contribution >= 4 is 7.60 Å². The van der Waals surface area contributed by atoms with Gasteiger partial charge in [-0.3, -0.25) is 4.57 Å². The summed E-state index contributed by atoms with van der Waals surface area (Å²) in [6, 6.07) is 0. The lowest BCUT2D eigenvalue weighted by molar-refractivity contribution is 0.248. The van der Waals surface area contributed by atoms with Crippen molar-refractivity contribution in [3.63, 3.8) is 0 Å². The van der Waals surface area contributed by atoms with Gasteiger partial charge in [-0.1, -0.05) is 5.11 Å². The Bertz CT molecular complexity index is 254. The molecular formula is C6H14N3O3P. The van der Waals surface area contributed by atoms with E-state index in [9.17, 15) is 9.46 Å². The molecule has 1 N–H and O–H groups in total. The van der Waals surface area contributed by atoms with Crippen molar-refractivity contribution in [1.82, 2.24) is 0 Å². The minimum absolute atomic E-state index is 0.0326. The van der Waals surface area contributed by atoms with Gasteiger partial charge in [0.05, 0.1) is 11.8 Å². The average molecular weight is 207 g/mol. The largest absolute Gasteiger partial charge is 0.333 e. The summed E-state index contributed by atoms with van der Waals surface area (Å²) in [6.07, 6.45) is 0. The van der Waals surface area contributed by atoms with Crippen LogP contribution in [0.5, 0.6) is 0 Å². The van der Waals surface area contributed by atoms with Crippen LogP contribution >= 0.6 is 7.60 Å². The highest BCUT2D eigenvalue weighted by Crippen LogP contribution is 2.54. The van der Waals surface area contributed by atoms with Gasteiger partial charge in [-0.2, -0.15) is 0 Å². The first-order valence-corrected chi connectivity index (χ1v) is 5.37. The average Bonchev–Trinajstić information content (AvgIpc) is 1.96. The van der Waals surface area contributed by atoms with Crippen molar-refractivity contribution < 1.29 is 14.0 Å². The van der Waals surface area contributed by atoms with Crippen LogP contribution in [0.4, 0.5) is 0 Å². The molecule has 13 heavy (non-hydrogen) atoms. The zero-order chi connectivity index (χ0) is 10.5. The number of azide groups is 1. The molecule has 0 spiro atoms. The Morgan fingerprint density at radius 2 is 2.15 bits per heavy atom. The standard InChI is InChI=1S/C6H14N3O3P/c1-6(2,3)13(10,11)12-5-4-8-9-7/h4-5H2,1-3H3,(H,10,11). The Hall–Kier alpha value is -0.540. The van der Waals surface area contributed by atoms with Gasteiger partial charge in [0.25, 0.3) is 0 Å².